The average molecular weight is 353 g/mol. The summed E-state index contributed by atoms with van der Waals surface area (Å²) in [5, 5.41) is 26.7. The molecule has 0 aliphatic carbocycles. The first-order valence-electron chi connectivity index (χ1n) is 8.01. The SMILES string of the molecule is Cc1cc(C)n(-c2ccc(F)cc2-c2cn([C@H](C)c3nn[nH]n3)nn2)n1. The second kappa shape index (κ2) is 6.14. The summed E-state index contributed by atoms with van der Waals surface area (Å²) in [4.78, 5) is 0. The summed E-state index contributed by atoms with van der Waals surface area (Å²) in [5.74, 6) is 0.130. The number of aryl methyl sites for hydroxylation is 2. The summed E-state index contributed by atoms with van der Waals surface area (Å²) in [6.45, 7) is 5.73. The number of rotatable bonds is 4. The number of aromatic amines is 1. The second-order valence-corrected chi connectivity index (χ2v) is 6.03. The Morgan fingerprint density at radius 2 is 2.00 bits per heavy atom. The van der Waals surface area contributed by atoms with Gasteiger partial charge in [-0.15, -0.1) is 15.3 Å². The molecule has 4 rings (SSSR count). The van der Waals surface area contributed by atoms with Crippen LogP contribution in [0.4, 0.5) is 4.39 Å². The number of nitrogens with one attached hydrogen (secondary N) is 1. The van der Waals surface area contributed by atoms with E-state index < -0.39 is 0 Å². The van der Waals surface area contributed by atoms with Crippen molar-refractivity contribution >= 4 is 0 Å². The lowest BCUT2D eigenvalue weighted by molar-refractivity contribution is 0.519. The van der Waals surface area contributed by atoms with E-state index in [1.165, 1.54) is 12.1 Å². The summed E-state index contributed by atoms with van der Waals surface area (Å²) in [6.07, 6.45) is 1.73. The molecule has 1 N–H and O–H groups in total. The van der Waals surface area contributed by atoms with Gasteiger partial charge in [0.1, 0.15) is 17.6 Å². The molecule has 10 heteroatoms. The minimum atomic E-state index is -0.356. The Labute approximate surface area is 147 Å². The summed E-state index contributed by atoms with van der Waals surface area (Å²) >= 11 is 0. The van der Waals surface area contributed by atoms with E-state index in [2.05, 4.69) is 36.0 Å². The summed E-state index contributed by atoms with van der Waals surface area (Å²) in [5.41, 5.74) is 3.69. The maximum absolute atomic E-state index is 13.9. The van der Waals surface area contributed by atoms with Gasteiger partial charge in [0.15, 0.2) is 5.82 Å². The van der Waals surface area contributed by atoms with Crippen LogP contribution in [0.1, 0.15) is 30.2 Å². The number of nitrogens with zero attached hydrogens (tertiary/aromatic N) is 8. The van der Waals surface area contributed by atoms with Crippen LogP contribution < -0.4 is 0 Å². The lowest BCUT2D eigenvalue weighted by Crippen LogP contribution is -2.09. The van der Waals surface area contributed by atoms with Crippen LogP contribution in [0.25, 0.3) is 16.9 Å². The van der Waals surface area contributed by atoms with Crippen molar-refractivity contribution in [1.29, 1.82) is 0 Å². The smallest absolute Gasteiger partial charge is 0.198 e. The van der Waals surface area contributed by atoms with Gasteiger partial charge in [0, 0.05) is 11.3 Å². The van der Waals surface area contributed by atoms with Crippen LogP contribution in [0.3, 0.4) is 0 Å². The first-order chi connectivity index (χ1) is 12.5. The molecular weight excluding hydrogens is 337 g/mol. The number of hydrogen-bond donors (Lipinski definition) is 1. The molecule has 3 aromatic heterocycles. The monoisotopic (exact) mass is 353 g/mol. The van der Waals surface area contributed by atoms with E-state index in [4.69, 9.17) is 0 Å². The van der Waals surface area contributed by atoms with E-state index in [1.54, 1.807) is 21.6 Å². The predicted octanol–water partition coefficient (Wildman–Crippen LogP) is 2.01. The van der Waals surface area contributed by atoms with E-state index >= 15 is 0 Å². The molecule has 132 valence electrons. The highest BCUT2D eigenvalue weighted by Gasteiger charge is 2.18. The molecule has 0 saturated carbocycles. The van der Waals surface area contributed by atoms with Crippen molar-refractivity contribution in [2.24, 2.45) is 0 Å². The molecule has 0 amide bonds. The van der Waals surface area contributed by atoms with E-state index in [0.717, 1.165) is 17.1 Å². The fourth-order valence-corrected chi connectivity index (χ4v) is 2.83. The Morgan fingerprint density at radius 1 is 1.15 bits per heavy atom. The zero-order chi connectivity index (χ0) is 18.3. The van der Waals surface area contributed by atoms with Crippen molar-refractivity contribution in [3.63, 3.8) is 0 Å². The number of benzene rings is 1. The van der Waals surface area contributed by atoms with Gasteiger partial charge in [-0.3, -0.25) is 0 Å². The Kier molecular flexibility index (Phi) is 3.79. The van der Waals surface area contributed by atoms with E-state index in [0.29, 0.717) is 17.1 Å². The predicted molar refractivity (Wildman–Crippen MR) is 90.0 cm³/mol. The Bertz CT molecular complexity index is 1050. The first-order valence-corrected chi connectivity index (χ1v) is 8.01. The van der Waals surface area contributed by atoms with E-state index in [9.17, 15) is 4.39 Å². The summed E-state index contributed by atoms with van der Waals surface area (Å²) in [7, 11) is 0. The molecule has 0 radical (unpaired) electrons. The van der Waals surface area contributed by atoms with Gasteiger partial charge in [-0.2, -0.15) is 10.3 Å². The van der Waals surface area contributed by atoms with Crippen molar-refractivity contribution < 1.29 is 4.39 Å². The van der Waals surface area contributed by atoms with Crippen LogP contribution in [0.15, 0.2) is 30.5 Å². The normalized spacial score (nSPS) is 12.5. The summed E-state index contributed by atoms with van der Waals surface area (Å²) < 4.78 is 17.3. The number of H-pyrrole nitrogens is 1. The Hall–Kier alpha value is -3.43. The molecule has 3 heterocycles. The quantitative estimate of drug-likeness (QED) is 0.602. The molecule has 0 unspecified atom stereocenters. The van der Waals surface area contributed by atoms with Gasteiger partial charge >= 0.3 is 0 Å². The molecule has 1 aromatic carbocycles. The highest BCUT2D eigenvalue weighted by atomic mass is 19.1. The van der Waals surface area contributed by atoms with Crippen molar-refractivity contribution in [2.75, 3.05) is 0 Å². The molecule has 0 aliphatic rings. The third kappa shape index (κ3) is 2.75. The molecule has 1 atom stereocenters. The lowest BCUT2D eigenvalue weighted by Gasteiger charge is -2.10. The van der Waals surface area contributed by atoms with Gasteiger partial charge in [0.2, 0.25) is 0 Å². The molecule has 0 spiro atoms. The summed E-state index contributed by atoms with van der Waals surface area (Å²) in [6, 6.07) is 6.22. The molecule has 0 aliphatic heterocycles. The van der Waals surface area contributed by atoms with Gasteiger partial charge in [-0.1, -0.05) is 10.4 Å². The lowest BCUT2D eigenvalue weighted by atomic mass is 10.1. The van der Waals surface area contributed by atoms with Crippen molar-refractivity contribution in [2.45, 2.75) is 26.8 Å². The fourth-order valence-electron chi connectivity index (χ4n) is 2.83. The zero-order valence-corrected chi connectivity index (χ0v) is 14.4. The largest absolute Gasteiger partial charge is 0.241 e. The standard InChI is InChI=1S/C16H16FN9/c1-9-6-10(2)26(21-9)15-5-4-12(17)7-13(15)14-8-25(24-18-14)11(3)16-19-22-23-20-16/h4-8,11H,1-3H3,(H,19,20,22,23)/t11-/m1/s1. The third-order valence-corrected chi connectivity index (χ3v) is 4.11. The first kappa shape index (κ1) is 16.1. The minimum Gasteiger partial charge on any atom is -0.241 e. The average Bonchev–Trinajstić information content (AvgIpc) is 3.35. The van der Waals surface area contributed by atoms with Crippen LogP contribution in [0, 0.1) is 19.7 Å². The van der Waals surface area contributed by atoms with Crippen LogP contribution in [-0.2, 0) is 0 Å². The third-order valence-electron chi connectivity index (χ3n) is 4.11. The Morgan fingerprint density at radius 3 is 2.69 bits per heavy atom. The van der Waals surface area contributed by atoms with Gasteiger partial charge in [0.25, 0.3) is 0 Å². The number of hydrogen-bond acceptors (Lipinski definition) is 6. The van der Waals surface area contributed by atoms with Crippen molar-refractivity contribution in [1.82, 2.24) is 45.4 Å². The second-order valence-electron chi connectivity index (χ2n) is 6.03. The molecular formula is C16H16FN9. The Balaban J connectivity index is 1.79. The zero-order valence-electron chi connectivity index (χ0n) is 14.4. The van der Waals surface area contributed by atoms with Crippen molar-refractivity contribution in [3.05, 3.63) is 53.5 Å². The fraction of sp³-hybridized carbons (Fsp3) is 0.250. The molecule has 9 nitrogen and oxygen atoms in total. The van der Waals surface area contributed by atoms with Gasteiger partial charge in [-0.25, -0.2) is 13.8 Å². The number of halogens is 1. The maximum atomic E-state index is 13.9. The van der Waals surface area contributed by atoms with E-state index in [1.807, 2.05) is 26.8 Å². The maximum Gasteiger partial charge on any atom is 0.198 e. The minimum absolute atomic E-state index is 0.263. The van der Waals surface area contributed by atoms with Gasteiger partial charge in [-0.05, 0) is 45.0 Å². The molecule has 0 fully saturated rings. The van der Waals surface area contributed by atoms with E-state index in [-0.39, 0.29) is 11.9 Å². The molecule has 4 aromatic rings. The molecule has 26 heavy (non-hydrogen) atoms. The van der Waals surface area contributed by atoms with Crippen LogP contribution in [-0.4, -0.2) is 45.4 Å². The highest BCUT2D eigenvalue weighted by molar-refractivity contribution is 5.69. The number of tetrazole rings is 1. The van der Waals surface area contributed by atoms with Crippen LogP contribution in [0.2, 0.25) is 0 Å². The highest BCUT2D eigenvalue weighted by Crippen LogP contribution is 2.27. The van der Waals surface area contributed by atoms with Gasteiger partial charge in [0.05, 0.1) is 17.6 Å². The number of aromatic nitrogens is 9. The topological polar surface area (TPSA) is 103 Å². The van der Waals surface area contributed by atoms with Crippen LogP contribution >= 0.6 is 0 Å². The van der Waals surface area contributed by atoms with Crippen LogP contribution in [0.5, 0.6) is 0 Å². The van der Waals surface area contributed by atoms with Gasteiger partial charge < -0.3 is 0 Å². The van der Waals surface area contributed by atoms with Crippen molar-refractivity contribution in [3.8, 4) is 16.9 Å². The molecule has 0 bridgehead atoms. The molecule has 0 saturated heterocycles.